The fourth-order valence-electron chi connectivity index (χ4n) is 2.54. The predicted molar refractivity (Wildman–Crippen MR) is 120 cm³/mol. The van der Waals surface area contributed by atoms with E-state index in [1.807, 2.05) is 48.5 Å². The molecule has 142 valence electrons. The van der Waals surface area contributed by atoms with E-state index in [0.717, 1.165) is 16.6 Å². The molecular formula is C22H19BrN2O2S. The van der Waals surface area contributed by atoms with Gasteiger partial charge in [0.25, 0.3) is 5.91 Å². The Morgan fingerprint density at radius 2 is 1.64 bits per heavy atom. The Morgan fingerprint density at radius 1 is 0.964 bits per heavy atom. The van der Waals surface area contributed by atoms with Gasteiger partial charge in [-0.05, 0) is 64.0 Å². The summed E-state index contributed by atoms with van der Waals surface area (Å²) in [6.07, 6.45) is 0.814. The van der Waals surface area contributed by atoms with E-state index >= 15 is 0 Å². The lowest BCUT2D eigenvalue weighted by atomic mass is 10.2. The first kappa shape index (κ1) is 20.0. The standard InChI is InChI=1S/C22H19BrN2O2S/c23-19-15-17(21(26)25-22(28)24-18-9-5-2-6-10-18)11-12-20(19)27-14-13-16-7-3-1-4-8-16/h1-12,15H,13-14H2,(H2,24,25,26,28). The third kappa shape index (κ3) is 5.90. The number of nitrogens with one attached hydrogen (secondary N) is 2. The van der Waals surface area contributed by atoms with Gasteiger partial charge in [0, 0.05) is 17.7 Å². The number of carbonyl (C=O) groups excluding carboxylic acids is 1. The van der Waals surface area contributed by atoms with Crippen molar-refractivity contribution >= 4 is 44.9 Å². The van der Waals surface area contributed by atoms with Crippen LogP contribution >= 0.6 is 28.1 Å². The van der Waals surface area contributed by atoms with Gasteiger partial charge < -0.3 is 10.1 Å². The predicted octanol–water partition coefficient (Wildman–Crippen LogP) is 5.20. The molecule has 6 heteroatoms. The van der Waals surface area contributed by atoms with Crippen LogP contribution in [0.5, 0.6) is 5.75 Å². The Labute approximate surface area is 178 Å². The van der Waals surface area contributed by atoms with Crippen LogP contribution in [0.2, 0.25) is 0 Å². The zero-order valence-electron chi connectivity index (χ0n) is 15.0. The number of halogens is 1. The van der Waals surface area contributed by atoms with E-state index < -0.39 is 0 Å². The summed E-state index contributed by atoms with van der Waals surface area (Å²) < 4.78 is 6.54. The van der Waals surface area contributed by atoms with E-state index in [1.165, 1.54) is 5.56 Å². The molecule has 0 fully saturated rings. The molecule has 0 unspecified atom stereocenters. The van der Waals surface area contributed by atoms with Crippen molar-refractivity contribution in [2.45, 2.75) is 6.42 Å². The SMILES string of the molecule is O=C(NC(=S)Nc1ccccc1)c1ccc(OCCc2ccccc2)c(Br)c1. The summed E-state index contributed by atoms with van der Waals surface area (Å²) in [5, 5.41) is 5.90. The maximum Gasteiger partial charge on any atom is 0.257 e. The van der Waals surface area contributed by atoms with Crippen molar-refractivity contribution in [2.24, 2.45) is 0 Å². The fourth-order valence-corrected chi connectivity index (χ4v) is 3.25. The molecule has 0 saturated heterocycles. The molecule has 3 aromatic rings. The Hall–Kier alpha value is -2.70. The van der Waals surface area contributed by atoms with Crippen LogP contribution in [0.1, 0.15) is 15.9 Å². The molecule has 2 N–H and O–H groups in total. The summed E-state index contributed by atoms with van der Waals surface area (Å²) in [7, 11) is 0. The minimum atomic E-state index is -0.287. The van der Waals surface area contributed by atoms with Crippen molar-refractivity contribution in [1.29, 1.82) is 0 Å². The molecule has 0 aliphatic rings. The Morgan fingerprint density at radius 3 is 2.32 bits per heavy atom. The van der Waals surface area contributed by atoms with Gasteiger partial charge in [0.15, 0.2) is 5.11 Å². The van der Waals surface area contributed by atoms with Gasteiger partial charge in [-0.25, -0.2) is 0 Å². The van der Waals surface area contributed by atoms with Gasteiger partial charge in [-0.15, -0.1) is 0 Å². The number of ether oxygens (including phenoxy) is 1. The smallest absolute Gasteiger partial charge is 0.257 e. The van der Waals surface area contributed by atoms with E-state index in [9.17, 15) is 4.79 Å². The van der Waals surface area contributed by atoms with Crippen molar-refractivity contribution < 1.29 is 9.53 Å². The molecule has 0 heterocycles. The normalized spacial score (nSPS) is 10.2. The first-order valence-electron chi connectivity index (χ1n) is 8.75. The van der Waals surface area contributed by atoms with Gasteiger partial charge in [0.1, 0.15) is 5.75 Å². The maximum atomic E-state index is 12.4. The Balaban J connectivity index is 1.53. The van der Waals surface area contributed by atoms with Crippen molar-refractivity contribution in [3.63, 3.8) is 0 Å². The monoisotopic (exact) mass is 454 g/mol. The molecule has 0 bridgehead atoms. The number of carbonyl (C=O) groups is 1. The molecule has 28 heavy (non-hydrogen) atoms. The summed E-state index contributed by atoms with van der Waals surface area (Å²) in [6, 6.07) is 24.8. The quantitative estimate of drug-likeness (QED) is 0.502. The molecule has 0 radical (unpaired) electrons. The summed E-state index contributed by atoms with van der Waals surface area (Å²) in [6.45, 7) is 0.555. The molecule has 0 atom stereocenters. The molecule has 0 spiro atoms. The zero-order valence-corrected chi connectivity index (χ0v) is 17.4. The van der Waals surface area contributed by atoms with Gasteiger partial charge >= 0.3 is 0 Å². The van der Waals surface area contributed by atoms with Crippen LogP contribution in [0, 0.1) is 0 Å². The van der Waals surface area contributed by atoms with Crippen LogP contribution in [0.4, 0.5) is 5.69 Å². The third-order valence-electron chi connectivity index (χ3n) is 3.94. The van der Waals surface area contributed by atoms with Crippen LogP contribution in [0.25, 0.3) is 0 Å². The highest BCUT2D eigenvalue weighted by Crippen LogP contribution is 2.26. The zero-order chi connectivity index (χ0) is 19.8. The number of thiocarbonyl (C=S) groups is 1. The van der Waals surface area contributed by atoms with Crippen molar-refractivity contribution in [1.82, 2.24) is 5.32 Å². The lowest BCUT2D eigenvalue weighted by Gasteiger charge is -2.11. The number of rotatable bonds is 6. The molecule has 3 rings (SSSR count). The van der Waals surface area contributed by atoms with Crippen LogP contribution in [-0.2, 0) is 6.42 Å². The average molecular weight is 455 g/mol. The number of para-hydroxylation sites is 1. The summed E-state index contributed by atoms with van der Waals surface area (Å²) in [4.78, 5) is 12.4. The highest BCUT2D eigenvalue weighted by molar-refractivity contribution is 9.10. The number of hydrogen-bond acceptors (Lipinski definition) is 3. The van der Waals surface area contributed by atoms with E-state index in [2.05, 4.69) is 38.7 Å². The van der Waals surface area contributed by atoms with Gasteiger partial charge in [-0.1, -0.05) is 48.5 Å². The van der Waals surface area contributed by atoms with Crippen molar-refractivity contribution in [2.75, 3.05) is 11.9 Å². The first-order chi connectivity index (χ1) is 13.6. The maximum absolute atomic E-state index is 12.4. The number of hydrogen-bond donors (Lipinski definition) is 2. The summed E-state index contributed by atoms with van der Waals surface area (Å²) in [5.41, 5.74) is 2.52. The Kier molecular flexibility index (Phi) is 7.17. The molecule has 4 nitrogen and oxygen atoms in total. The minimum Gasteiger partial charge on any atom is -0.492 e. The van der Waals surface area contributed by atoms with E-state index in [0.29, 0.717) is 17.9 Å². The van der Waals surface area contributed by atoms with Crippen LogP contribution < -0.4 is 15.4 Å². The van der Waals surface area contributed by atoms with Gasteiger partial charge in [-0.2, -0.15) is 0 Å². The van der Waals surface area contributed by atoms with Crippen LogP contribution in [0.15, 0.2) is 83.3 Å². The minimum absolute atomic E-state index is 0.246. The second kappa shape index (κ2) is 10.0. The summed E-state index contributed by atoms with van der Waals surface area (Å²) >= 11 is 8.66. The lowest BCUT2D eigenvalue weighted by molar-refractivity contribution is 0.0977. The number of benzene rings is 3. The number of anilines is 1. The molecule has 0 aliphatic heterocycles. The van der Waals surface area contributed by atoms with Gasteiger partial charge in [0.2, 0.25) is 0 Å². The molecule has 1 amide bonds. The van der Waals surface area contributed by atoms with Crippen molar-refractivity contribution in [3.05, 3.63) is 94.5 Å². The van der Waals surface area contributed by atoms with E-state index in [-0.39, 0.29) is 11.0 Å². The molecule has 0 saturated carbocycles. The average Bonchev–Trinajstić information content (AvgIpc) is 2.70. The Bertz CT molecular complexity index is 949. The van der Waals surface area contributed by atoms with E-state index in [4.69, 9.17) is 17.0 Å². The first-order valence-corrected chi connectivity index (χ1v) is 9.95. The molecule has 3 aromatic carbocycles. The molecule has 0 aliphatic carbocycles. The summed E-state index contributed by atoms with van der Waals surface area (Å²) in [5.74, 6) is 0.405. The van der Waals surface area contributed by atoms with Gasteiger partial charge in [0.05, 0.1) is 11.1 Å². The fraction of sp³-hybridized carbons (Fsp3) is 0.0909. The molecule has 0 aromatic heterocycles. The largest absolute Gasteiger partial charge is 0.492 e. The molecular weight excluding hydrogens is 436 g/mol. The second-order valence-electron chi connectivity index (χ2n) is 6.00. The third-order valence-corrected chi connectivity index (χ3v) is 4.77. The number of amides is 1. The van der Waals surface area contributed by atoms with Gasteiger partial charge in [-0.3, -0.25) is 10.1 Å². The van der Waals surface area contributed by atoms with Crippen molar-refractivity contribution in [3.8, 4) is 5.75 Å². The topological polar surface area (TPSA) is 50.4 Å². The highest BCUT2D eigenvalue weighted by atomic mass is 79.9. The lowest BCUT2D eigenvalue weighted by Crippen LogP contribution is -2.34. The van der Waals surface area contributed by atoms with Crippen LogP contribution in [-0.4, -0.2) is 17.6 Å². The highest BCUT2D eigenvalue weighted by Gasteiger charge is 2.11. The van der Waals surface area contributed by atoms with Crippen LogP contribution in [0.3, 0.4) is 0 Å². The van der Waals surface area contributed by atoms with E-state index in [1.54, 1.807) is 18.2 Å². The second-order valence-corrected chi connectivity index (χ2v) is 7.27.